The lowest BCUT2D eigenvalue weighted by molar-refractivity contribution is 0.446. The minimum Gasteiger partial charge on any atom is -0.507 e. The molecule has 0 spiro atoms. The van der Waals surface area contributed by atoms with Crippen LogP contribution in [0.1, 0.15) is 52.7 Å². The third-order valence-electron chi connectivity index (χ3n) is 4.27. The Morgan fingerprint density at radius 1 is 0.926 bits per heavy atom. The van der Waals surface area contributed by atoms with E-state index in [-0.39, 0.29) is 10.8 Å². The molecule has 1 aromatic heterocycles. The summed E-state index contributed by atoms with van der Waals surface area (Å²) in [6.07, 6.45) is 3.24. The van der Waals surface area contributed by atoms with Crippen LogP contribution in [0.5, 0.6) is 5.75 Å². The number of phenolic OH excluding ortho intramolecular Hbond substituents is 1. The summed E-state index contributed by atoms with van der Waals surface area (Å²) < 4.78 is 0. The second kappa shape index (κ2) is 8.13. The summed E-state index contributed by atoms with van der Waals surface area (Å²) in [5.41, 5.74) is 3.96. The molecule has 27 heavy (non-hydrogen) atoms. The number of aromatic amines is 1. The Bertz CT molecular complexity index is 841. The Hall–Kier alpha value is -2.33. The number of nitrogens with one attached hydrogen (secondary N) is 1. The molecule has 0 fully saturated rings. The van der Waals surface area contributed by atoms with Crippen molar-refractivity contribution < 1.29 is 5.11 Å². The number of phenols is 1. The summed E-state index contributed by atoms with van der Waals surface area (Å²) in [5.74, 6) is 0.364. The van der Waals surface area contributed by atoms with E-state index in [0.717, 1.165) is 16.7 Å². The van der Waals surface area contributed by atoms with Crippen molar-refractivity contribution in [3.05, 3.63) is 64.9 Å². The van der Waals surface area contributed by atoms with E-state index in [1.54, 1.807) is 12.4 Å². The maximum absolute atomic E-state index is 10.8. The van der Waals surface area contributed by atoms with Gasteiger partial charge in [0.1, 0.15) is 5.75 Å². The van der Waals surface area contributed by atoms with Crippen LogP contribution in [0.15, 0.2) is 48.8 Å². The van der Waals surface area contributed by atoms with Gasteiger partial charge in [0.25, 0.3) is 0 Å². The number of aromatic nitrogens is 3. The number of halogens is 1. The smallest absolute Gasteiger partial charge is 0.127 e. The first kappa shape index (κ1) is 21.0. The highest BCUT2D eigenvalue weighted by molar-refractivity contribution is 6.30. The number of hydrogen-bond acceptors (Lipinski definition) is 3. The molecule has 0 amide bonds. The molecule has 0 aliphatic rings. The normalized spacial score (nSPS) is 11.7. The first-order valence-corrected chi connectivity index (χ1v) is 9.32. The minimum atomic E-state index is -0.119. The summed E-state index contributed by atoms with van der Waals surface area (Å²) in [5, 5.41) is 20.8. The average Bonchev–Trinajstić information content (AvgIpc) is 3.13. The van der Waals surface area contributed by atoms with Crippen LogP contribution in [0.2, 0.25) is 5.02 Å². The molecule has 0 unspecified atom stereocenters. The van der Waals surface area contributed by atoms with Crippen LogP contribution < -0.4 is 0 Å². The van der Waals surface area contributed by atoms with Crippen molar-refractivity contribution in [3.8, 4) is 16.9 Å². The van der Waals surface area contributed by atoms with Crippen LogP contribution in [-0.2, 0) is 10.8 Å². The van der Waals surface area contributed by atoms with E-state index in [1.807, 2.05) is 24.3 Å². The topological polar surface area (TPSA) is 61.8 Å². The highest BCUT2D eigenvalue weighted by Gasteiger charge is 2.25. The van der Waals surface area contributed by atoms with Gasteiger partial charge in [0.05, 0.1) is 6.20 Å². The molecule has 0 saturated heterocycles. The van der Waals surface area contributed by atoms with Crippen LogP contribution in [0.25, 0.3) is 11.1 Å². The van der Waals surface area contributed by atoms with Gasteiger partial charge in [-0.15, -0.1) is 5.10 Å². The first-order chi connectivity index (χ1) is 12.5. The van der Waals surface area contributed by atoms with Crippen LogP contribution in [0.3, 0.4) is 0 Å². The lowest BCUT2D eigenvalue weighted by Gasteiger charge is -2.27. The molecule has 2 aromatic carbocycles. The number of nitrogens with zero attached hydrogens (tertiary/aromatic N) is 2. The summed E-state index contributed by atoms with van der Waals surface area (Å²) in [7, 11) is 0. The van der Waals surface area contributed by atoms with E-state index in [4.69, 9.17) is 11.6 Å². The van der Waals surface area contributed by atoms with Gasteiger partial charge in [0.2, 0.25) is 0 Å². The SMILES string of the molecule is CC(C)(C)c1cc(-c2ccc(Cl)cc2)c(O)c(C(C)(C)C)c1.c1c[nH]nn1. The van der Waals surface area contributed by atoms with Gasteiger partial charge in [-0.1, -0.05) is 76.6 Å². The molecule has 1 heterocycles. The van der Waals surface area contributed by atoms with Crippen molar-refractivity contribution >= 4 is 11.6 Å². The van der Waals surface area contributed by atoms with Crippen molar-refractivity contribution in [3.63, 3.8) is 0 Å². The van der Waals surface area contributed by atoms with E-state index in [2.05, 4.69) is 69.1 Å². The van der Waals surface area contributed by atoms with Crippen LogP contribution in [0.4, 0.5) is 0 Å². The van der Waals surface area contributed by atoms with Gasteiger partial charge in [-0.25, -0.2) is 0 Å². The molecule has 4 nitrogen and oxygen atoms in total. The standard InChI is InChI=1S/C20H25ClO.C2H3N3/c1-19(2,3)14-11-16(13-7-9-15(21)10-8-13)18(22)17(12-14)20(4,5)6;1-2-4-5-3-1/h7-12,22H,1-6H3;1-2H,(H,3,4,5). The van der Waals surface area contributed by atoms with Gasteiger partial charge in [0.15, 0.2) is 0 Å². The van der Waals surface area contributed by atoms with Gasteiger partial charge >= 0.3 is 0 Å². The number of hydrogen-bond donors (Lipinski definition) is 2. The van der Waals surface area contributed by atoms with E-state index in [0.29, 0.717) is 10.8 Å². The fraction of sp³-hybridized carbons (Fsp3) is 0.364. The number of H-pyrrole nitrogens is 1. The zero-order valence-corrected chi connectivity index (χ0v) is 17.6. The molecule has 0 bridgehead atoms. The summed E-state index contributed by atoms with van der Waals surface area (Å²) in [6, 6.07) is 11.9. The molecule has 2 N–H and O–H groups in total. The lowest BCUT2D eigenvalue weighted by Crippen LogP contribution is -2.17. The van der Waals surface area contributed by atoms with Crippen LogP contribution in [0, 0.1) is 0 Å². The van der Waals surface area contributed by atoms with Gasteiger partial charge in [-0.2, -0.15) is 0 Å². The molecule has 0 aliphatic heterocycles. The molecule has 144 valence electrons. The zero-order valence-electron chi connectivity index (χ0n) is 16.8. The van der Waals surface area contributed by atoms with Crippen LogP contribution in [-0.4, -0.2) is 20.5 Å². The average molecular weight is 386 g/mol. The molecule has 3 aromatic rings. The largest absolute Gasteiger partial charge is 0.507 e. The van der Waals surface area contributed by atoms with E-state index in [9.17, 15) is 5.11 Å². The molecule has 0 radical (unpaired) electrons. The summed E-state index contributed by atoms with van der Waals surface area (Å²) in [6.45, 7) is 13.0. The first-order valence-electron chi connectivity index (χ1n) is 8.94. The third kappa shape index (κ3) is 5.57. The summed E-state index contributed by atoms with van der Waals surface area (Å²) >= 11 is 5.98. The van der Waals surface area contributed by atoms with Crippen molar-refractivity contribution in [1.82, 2.24) is 15.4 Å². The molecule has 3 rings (SSSR count). The monoisotopic (exact) mass is 385 g/mol. The van der Waals surface area contributed by atoms with Crippen molar-refractivity contribution in [1.29, 1.82) is 0 Å². The Balaban J connectivity index is 0.000000451. The van der Waals surface area contributed by atoms with Crippen LogP contribution >= 0.6 is 11.6 Å². The molecular weight excluding hydrogens is 358 g/mol. The van der Waals surface area contributed by atoms with Crippen molar-refractivity contribution in [2.24, 2.45) is 0 Å². The van der Waals surface area contributed by atoms with Gasteiger partial charge < -0.3 is 5.11 Å². The number of benzene rings is 2. The Morgan fingerprint density at radius 3 is 1.96 bits per heavy atom. The number of rotatable bonds is 1. The third-order valence-corrected chi connectivity index (χ3v) is 4.52. The molecular formula is C22H28ClN3O. The predicted molar refractivity (Wildman–Crippen MR) is 112 cm³/mol. The van der Waals surface area contributed by atoms with E-state index in [1.165, 1.54) is 5.56 Å². The maximum atomic E-state index is 10.8. The fourth-order valence-electron chi connectivity index (χ4n) is 2.66. The lowest BCUT2D eigenvalue weighted by atomic mass is 9.78. The molecule has 0 atom stereocenters. The van der Waals surface area contributed by atoms with E-state index >= 15 is 0 Å². The summed E-state index contributed by atoms with van der Waals surface area (Å²) in [4.78, 5) is 0. The molecule has 0 aliphatic carbocycles. The maximum Gasteiger partial charge on any atom is 0.127 e. The van der Waals surface area contributed by atoms with Gasteiger partial charge in [-0.05, 0) is 40.2 Å². The highest BCUT2D eigenvalue weighted by atomic mass is 35.5. The second-order valence-corrected chi connectivity index (χ2v) is 9.02. The highest BCUT2D eigenvalue weighted by Crippen LogP contribution is 2.42. The minimum absolute atomic E-state index is 0.0227. The Morgan fingerprint density at radius 2 is 1.56 bits per heavy atom. The van der Waals surface area contributed by atoms with Gasteiger partial charge in [0, 0.05) is 22.3 Å². The van der Waals surface area contributed by atoms with E-state index < -0.39 is 0 Å². The Kier molecular flexibility index (Phi) is 6.32. The van der Waals surface area contributed by atoms with Crippen molar-refractivity contribution in [2.75, 3.05) is 0 Å². The van der Waals surface area contributed by atoms with Crippen molar-refractivity contribution in [2.45, 2.75) is 52.4 Å². The zero-order chi connectivity index (χ0) is 20.2. The molecule has 5 heteroatoms. The second-order valence-electron chi connectivity index (χ2n) is 8.59. The van der Waals surface area contributed by atoms with Gasteiger partial charge in [-0.3, -0.25) is 5.10 Å². The number of aromatic hydroxyl groups is 1. The Labute approximate surface area is 166 Å². The predicted octanol–water partition coefficient (Wildman–Crippen LogP) is 6.11. The fourth-order valence-corrected chi connectivity index (χ4v) is 2.78. The quantitative estimate of drug-likeness (QED) is 0.531. The molecule has 0 saturated carbocycles.